The molecule has 0 spiro atoms. The van der Waals surface area contributed by atoms with Gasteiger partial charge in [0.1, 0.15) is 11.6 Å². The molecule has 1 fully saturated rings. The number of fused-ring (bicyclic) bond motifs is 1. The number of anilines is 1. The Kier molecular flexibility index (Phi) is 5.54. The number of aliphatic hydroxyl groups excluding tert-OH is 1. The Morgan fingerprint density at radius 2 is 1.90 bits per heavy atom. The predicted molar refractivity (Wildman–Crippen MR) is 111 cm³/mol. The van der Waals surface area contributed by atoms with Crippen LogP contribution in [0.15, 0.2) is 35.5 Å². The van der Waals surface area contributed by atoms with Gasteiger partial charge in [-0.05, 0) is 30.3 Å². The zero-order valence-corrected chi connectivity index (χ0v) is 17.5. The van der Waals surface area contributed by atoms with E-state index in [-0.39, 0.29) is 11.8 Å². The van der Waals surface area contributed by atoms with Gasteiger partial charge in [0, 0.05) is 30.5 Å². The van der Waals surface area contributed by atoms with Gasteiger partial charge >= 0.3 is 0 Å². The fourth-order valence-corrected chi connectivity index (χ4v) is 3.88. The van der Waals surface area contributed by atoms with E-state index in [1.54, 1.807) is 19.2 Å². The maximum atomic E-state index is 12.2. The number of aliphatic hydroxyl groups is 1. The Morgan fingerprint density at radius 1 is 1.13 bits per heavy atom. The molecule has 1 aliphatic rings. The van der Waals surface area contributed by atoms with E-state index in [1.807, 2.05) is 23.1 Å². The van der Waals surface area contributed by atoms with Crippen molar-refractivity contribution >= 4 is 26.7 Å². The van der Waals surface area contributed by atoms with Crippen LogP contribution in [0.4, 0.5) is 5.82 Å². The molecule has 2 aromatic heterocycles. The number of pyridine rings is 1. The van der Waals surface area contributed by atoms with Crippen molar-refractivity contribution in [2.45, 2.75) is 11.8 Å². The summed E-state index contributed by atoms with van der Waals surface area (Å²) in [5, 5.41) is 10.0. The first-order valence-corrected chi connectivity index (χ1v) is 11.3. The second kappa shape index (κ2) is 8.13. The van der Waals surface area contributed by atoms with Gasteiger partial charge in [0.15, 0.2) is 5.65 Å². The minimum Gasteiger partial charge on any atom is -0.496 e. The second-order valence-corrected chi connectivity index (χ2v) is 8.86. The maximum Gasteiger partial charge on any atom is 0.250 e. The number of morpholine rings is 1. The molecule has 9 nitrogen and oxygen atoms in total. The van der Waals surface area contributed by atoms with Gasteiger partial charge in [0.2, 0.25) is 9.84 Å². The van der Waals surface area contributed by atoms with E-state index in [2.05, 4.69) is 15.0 Å². The summed E-state index contributed by atoms with van der Waals surface area (Å²) in [7, 11) is -2.08. The number of rotatable bonds is 5. The van der Waals surface area contributed by atoms with E-state index in [4.69, 9.17) is 9.47 Å². The highest BCUT2D eigenvalue weighted by atomic mass is 32.2. The van der Waals surface area contributed by atoms with Crippen LogP contribution in [-0.4, -0.2) is 68.1 Å². The second-order valence-electron chi connectivity index (χ2n) is 6.95. The summed E-state index contributed by atoms with van der Waals surface area (Å²) in [6.07, 6.45) is 1.08. The molecule has 0 saturated carbocycles. The third-order valence-electron chi connectivity index (χ3n) is 4.91. The summed E-state index contributed by atoms with van der Waals surface area (Å²) in [6.45, 7) is 2.12. The highest BCUT2D eigenvalue weighted by Gasteiger charge is 2.22. The first-order chi connectivity index (χ1) is 14.4. The van der Waals surface area contributed by atoms with Gasteiger partial charge in [-0.3, -0.25) is 0 Å². The summed E-state index contributed by atoms with van der Waals surface area (Å²) in [5.41, 5.74) is 2.29. The third kappa shape index (κ3) is 3.93. The van der Waals surface area contributed by atoms with Crippen molar-refractivity contribution in [3.63, 3.8) is 0 Å². The van der Waals surface area contributed by atoms with Crippen molar-refractivity contribution in [1.82, 2.24) is 15.0 Å². The molecule has 0 bridgehead atoms. The van der Waals surface area contributed by atoms with Crippen molar-refractivity contribution in [3.05, 3.63) is 35.9 Å². The normalized spacial score (nSPS) is 14.8. The van der Waals surface area contributed by atoms with E-state index in [9.17, 15) is 13.5 Å². The fourth-order valence-electron chi connectivity index (χ4n) is 3.38. The van der Waals surface area contributed by atoms with Crippen molar-refractivity contribution < 1.29 is 23.0 Å². The van der Waals surface area contributed by atoms with Crippen LogP contribution in [-0.2, 0) is 21.2 Å². The molecule has 0 aliphatic carbocycles. The molecule has 1 saturated heterocycles. The summed E-state index contributed by atoms with van der Waals surface area (Å²) in [4.78, 5) is 15.1. The van der Waals surface area contributed by atoms with Crippen LogP contribution in [0.1, 0.15) is 5.56 Å². The van der Waals surface area contributed by atoms with Crippen LogP contribution in [0.3, 0.4) is 0 Å². The van der Waals surface area contributed by atoms with E-state index >= 15 is 0 Å². The van der Waals surface area contributed by atoms with E-state index in [1.165, 1.54) is 0 Å². The summed E-state index contributed by atoms with van der Waals surface area (Å²) >= 11 is 0. The number of benzene rings is 1. The minimum absolute atomic E-state index is 0.174. The monoisotopic (exact) mass is 430 g/mol. The Bertz CT molecular complexity index is 1190. The molecule has 4 rings (SSSR count). The van der Waals surface area contributed by atoms with E-state index < -0.39 is 9.84 Å². The number of ether oxygens (including phenoxy) is 2. The summed E-state index contributed by atoms with van der Waals surface area (Å²) in [5.74, 6) is 1.12. The Balaban J connectivity index is 1.87. The Hall–Kier alpha value is -2.82. The van der Waals surface area contributed by atoms with Crippen molar-refractivity contribution in [3.8, 4) is 17.0 Å². The SMILES string of the molecule is COc1ccc(-c2ccc3c(N4CCOCC4)nc(S(C)(=O)=O)nc3n2)cc1CO. The van der Waals surface area contributed by atoms with E-state index in [0.29, 0.717) is 60.2 Å². The lowest BCUT2D eigenvalue weighted by molar-refractivity contribution is 0.122. The molecule has 3 aromatic rings. The van der Waals surface area contributed by atoms with Gasteiger partial charge in [-0.2, -0.15) is 4.98 Å². The van der Waals surface area contributed by atoms with Crippen molar-refractivity contribution in [2.24, 2.45) is 0 Å². The summed E-state index contributed by atoms with van der Waals surface area (Å²) in [6, 6.07) is 9.05. The Morgan fingerprint density at radius 3 is 2.57 bits per heavy atom. The molecule has 1 aliphatic heterocycles. The van der Waals surface area contributed by atoms with Crippen LogP contribution in [0.25, 0.3) is 22.3 Å². The number of nitrogens with zero attached hydrogens (tertiary/aromatic N) is 4. The van der Waals surface area contributed by atoms with Gasteiger partial charge in [-0.15, -0.1) is 0 Å². The average Bonchev–Trinajstić information content (AvgIpc) is 2.77. The zero-order valence-electron chi connectivity index (χ0n) is 16.7. The van der Waals surface area contributed by atoms with Crippen LogP contribution in [0.2, 0.25) is 0 Å². The third-order valence-corrected chi connectivity index (χ3v) is 5.75. The number of hydrogen-bond donors (Lipinski definition) is 1. The number of sulfone groups is 1. The molecule has 1 N–H and O–H groups in total. The van der Waals surface area contributed by atoms with Crippen molar-refractivity contribution in [2.75, 3.05) is 44.6 Å². The lowest BCUT2D eigenvalue weighted by Crippen LogP contribution is -2.37. The van der Waals surface area contributed by atoms with Crippen LogP contribution < -0.4 is 9.64 Å². The molecule has 1 aromatic carbocycles. The zero-order chi connectivity index (χ0) is 21.3. The lowest BCUT2D eigenvalue weighted by atomic mass is 10.1. The molecule has 10 heteroatoms. The number of hydrogen-bond acceptors (Lipinski definition) is 9. The topological polar surface area (TPSA) is 115 Å². The largest absolute Gasteiger partial charge is 0.496 e. The molecular formula is C20H22N4O5S. The lowest BCUT2D eigenvalue weighted by Gasteiger charge is -2.28. The molecule has 0 amide bonds. The molecule has 3 heterocycles. The first kappa shape index (κ1) is 20.5. The molecule has 30 heavy (non-hydrogen) atoms. The van der Waals surface area contributed by atoms with Gasteiger partial charge in [-0.1, -0.05) is 0 Å². The van der Waals surface area contributed by atoms with Crippen LogP contribution >= 0.6 is 0 Å². The minimum atomic E-state index is -3.62. The molecule has 158 valence electrons. The van der Waals surface area contributed by atoms with Gasteiger partial charge in [0.05, 0.1) is 38.0 Å². The fraction of sp³-hybridized carbons (Fsp3) is 0.350. The smallest absolute Gasteiger partial charge is 0.250 e. The van der Waals surface area contributed by atoms with Gasteiger partial charge < -0.3 is 19.5 Å². The molecule has 0 radical (unpaired) electrons. The predicted octanol–water partition coefficient (Wildman–Crippen LogP) is 1.43. The van der Waals surface area contributed by atoms with Gasteiger partial charge in [0.25, 0.3) is 5.16 Å². The number of aromatic nitrogens is 3. The molecular weight excluding hydrogens is 408 g/mol. The molecule has 0 unspecified atom stereocenters. The van der Waals surface area contributed by atoms with Gasteiger partial charge in [-0.25, -0.2) is 18.4 Å². The summed E-state index contributed by atoms with van der Waals surface area (Å²) < 4.78 is 35.0. The highest BCUT2D eigenvalue weighted by molar-refractivity contribution is 7.90. The molecule has 0 atom stereocenters. The van der Waals surface area contributed by atoms with E-state index in [0.717, 1.165) is 11.8 Å². The van der Waals surface area contributed by atoms with Crippen molar-refractivity contribution in [1.29, 1.82) is 0 Å². The Labute approximate surface area is 174 Å². The average molecular weight is 430 g/mol. The van der Waals surface area contributed by atoms with Crippen LogP contribution in [0, 0.1) is 0 Å². The number of methoxy groups -OCH3 is 1. The standard InChI is InChI=1S/C20H22N4O5S/c1-28-17-6-3-13(11-14(17)12-25)16-5-4-15-18(21-16)22-20(30(2,26)27)23-19(15)24-7-9-29-10-8-24/h3-6,11,25H,7-10,12H2,1-2H3. The first-order valence-electron chi connectivity index (χ1n) is 9.40. The maximum absolute atomic E-state index is 12.2. The van der Waals surface area contributed by atoms with Crippen LogP contribution in [0.5, 0.6) is 5.75 Å². The quantitative estimate of drug-likeness (QED) is 0.600. The highest BCUT2D eigenvalue weighted by Crippen LogP contribution is 2.30.